The van der Waals surface area contributed by atoms with E-state index in [1.54, 1.807) is 11.0 Å². The summed E-state index contributed by atoms with van der Waals surface area (Å²) in [4.78, 5) is 23.3. The molecule has 3 heterocycles. The Morgan fingerprint density at radius 2 is 2.10 bits per heavy atom. The molecule has 0 bridgehead atoms. The van der Waals surface area contributed by atoms with Gasteiger partial charge in [0.05, 0.1) is 17.9 Å². The first kappa shape index (κ1) is 19.3. The SMILES string of the molecule is Cc1nc(CN2CCC(CNC(=O)c3cccc(-n4cncn4)c3)CC2)oc1C. The fraction of sp³-hybridized carbons (Fsp3) is 0.429. The van der Waals surface area contributed by atoms with E-state index in [1.807, 2.05) is 38.1 Å². The van der Waals surface area contributed by atoms with Crippen LogP contribution in [0.25, 0.3) is 5.69 Å². The van der Waals surface area contributed by atoms with Crippen molar-refractivity contribution in [3.8, 4) is 5.69 Å². The molecule has 0 atom stereocenters. The van der Waals surface area contributed by atoms with Gasteiger partial charge in [0, 0.05) is 12.1 Å². The van der Waals surface area contributed by atoms with E-state index in [4.69, 9.17) is 4.42 Å². The summed E-state index contributed by atoms with van der Waals surface area (Å²) in [5.74, 6) is 2.12. The standard InChI is InChI=1S/C21H26N6O2/c1-15-16(2)29-20(25-15)12-26-8-6-17(7-9-26)11-23-21(28)18-4-3-5-19(10-18)27-14-22-13-24-27/h3-5,10,13-14,17H,6-9,11-12H2,1-2H3,(H,23,28). The number of carbonyl (C=O) groups excluding carboxylic acids is 1. The van der Waals surface area contributed by atoms with Gasteiger partial charge in [-0.3, -0.25) is 9.69 Å². The number of aromatic nitrogens is 4. The summed E-state index contributed by atoms with van der Waals surface area (Å²) in [5.41, 5.74) is 2.41. The molecular formula is C21H26N6O2. The predicted octanol–water partition coefficient (Wildman–Crippen LogP) is 2.51. The number of nitrogens with zero attached hydrogens (tertiary/aromatic N) is 5. The Kier molecular flexibility index (Phi) is 5.71. The number of oxazole rings is 1. The van der Waals surface area contributed by atoms with Gasteiger partial charge in [0.15, 0.2) is 0 Å². The highest BCUT2D eigenvalue weighted by atomic mass is 16.4. The number of piperidine rings is 1. The summed E-state index contributed by atoms with van der Waals surface area (Å²) in [6, 6.07) is 7.40. The van der Waals surface area contributed by atoms with Crippen molar-refractivity contribution < 1.29 is 9.21 Å². The van der Waals surface area contributed by atoms with Crippen molar-refractivity contribution in [3.63, 3.8) is 0 Å². The Hall–Kier alpha value is -3.00. The molecule has 0 saturated carbocycles. The van der Waals surface area contributed by atoms with Crippen LogP contribution in [0.1, 0.15) is 40.5 Å². The molecule has 1 aromatic carbocycles. The fourth-order valence-electron chi connectivity index (χ4n) is 3.62. The normalized spacial score (nSPS) is 15.5. The van der Waals surface area contributed by atoms with Crippen LogP contribution in [-0.2, 0) is 6.54 Å². The van der Waals surface area contributed by atoms with Gasteiger partial charge in [-0.05, 0) is 63.9 Å². The molecule has 8 nitrogen and oxygen atoms in total. The van der Waals surface area contributed by atoms with Gasteiger partial charge >= 0.3 is 0 Å². The molecule has 8 heteroatoms. The number of likely N-dealkylation sites (tertiary alicyclic amines) is 1. The van der Waals surface area contributed by atoms with E-state index in [-0.39, 0.29) is 5.91 Å². The van der Waals surface area contributed by atoms with Crippen LogP contribution in [0.4, 0.5) is 0 Å². The molecular weight excluding hydrogens is 368 g/mol. The lowest BCUT2D eigenvalue weighted by molar-refractivity contribution is 0.0934. The Bertz CT molecular complexity index is 938. The average Bonchev–Trinajstić information content (AvgIpc) is 3.38. The molecule has 1 saturated heterocycles. The van der Waals surface area contributed by atoms with E-state index in [2.05, 4.69) is 25.3 Å². The van der Waals surface area contributed by atoms with Crippen LogP contribution in [0.2, 0.25) is 0 Å². The van der Waals surface area contributed by atoms with E-state index in [0.717, 1.165) is 55.5 Å². The van der Waals surface area contributed by atoms with Crippen LogP contribution in [0, 0.1) is 19.8 Å². The summed E-state index contributed by atoms with van der Waals surface area (Å²) in [6.07, 6.45) is 5.20. The first-order chi connectivity index (χ1) is 14.1. The molecule has 1 aliphatic heterocycles. The molecule has 1 fully saturated rings. The van der Waals surface area contributed by atoms with Crippen LogP contribution in [0.3, 0.4) is 0 Å². The van der Waals surface area contributed by atoms with E-state index in [1.165, 1.54) is 6.33 Å². The van der Waals surface area contributed by atoms with E-state index >= 15 is 0 Å². The monoisotopic (exact) mass is 394 g/mol. The first-order valence-corrected chi connectivity index (χ1v) is 9.97. The van der Waals surface area contributed by atoms with Crippen molar-refractivity contribution >= 4 is 5.91 Å². The Labute approximate surface area is 170 Å². The zero-order valence-electron chi connectivity index (χ0n) is 16.8. The zero-order valence-corrected chi connectivity index (χ0v) is 16.8. The van der Waals surface area contributed by atoms with E-state index < -0.39 is 0 Å². The highest BCUT2D eigenvalue weighted by Gasteiger charge is 2.21. The molecule has 0 unspecified atom stereocenters. The molecule has 3 aromatic rings. The second-order valence-electron chi connectivity index (χ2n) is 7.57. The third-order valence-electron chi connectivity index (χ3n) is 5.48. The van der Waals surface area contributed by atoms with Gasteiger partial charge < -0.3 is 9.73 Å². The fourth-order valence-corrected chi connectivity index (χ4v) is 3.62. The van der Waals surface area contributed by atoms with Crippen molar-refractivity contribution in [2.45, 2.75) is 33.2 Å². The predicted molar refractivity (Wildman–Crippen MR) is 108 cm³/mol. The summed E-state index contributed by atoms with van der Waals surface area (Å²) < 4.78 is 7.33. The van der Waals surface area contributed by atoms with Crippen molar-refractivity contribution in [3.05, 3.63) is 59.8 Å². The van der Waals surface area contributed by atoms with Gasteiger partial charge in [-0.1, -0.05) is 6.07 Å². The second kappa shape index (κ2) is 8.57. The molecule has 0 aliphatic carbocycles. The van der Waals surface area contributed by atoms with E-state index in [0.29, 0.717) is 18.0 Å². The van der Waals surface area contributed by atoms with Gasteiger partial charge in [0.1, 0.15) is 18.4 Å². The second-order valence-corrected chi connectivity index (χ2v) is 7.57. The summed E-state index contributed by atoms with van der Waals surface area (Å²) in [6.45, 7) is 7.34. The lowest BCUT2D eigenvalue weighted by atomic mass is 9.96. The van der Waals surface area contributed by atoms with E-state index in [9.17, 15) is 4.79 Å². The number of rotatable bonds is 6. The number of hydrogen-bond acceptors (Lipinski definition) is 6. The highest BCUT2D eigenvalue weighted by Crippen LogP contribution is 2.19. The number of aryl methyl sites for hydroxylation is 2. The number of nitrogens with one attached hydrogen (secondary N) is 1. The van der Waals surface area contributed by atoms with Crippen LogP contribution in [0.15, 0.2) is 41.3 Å². The molecule has 4 rings (SSSR count). The lowest BCUT2D eigenvalue weighted by Gasteiger charge is -2.31. The van der Waals surface area contributed by atoms with Gasteiger partial charge in [-0.15, -0.1) is 0 Å². The minimum Gasteiger partial charge on any atom is -0.444 e. The third kappa shape index (κ3) is 4.71. The molecule has 1 N–H and O–H groups in total. The van der Waals surface area contributed by atoms with Crippen molar-refractivity contribution in [2.24, 2.45) is 5.92 Å². The molecule has 29 heavy (non-hydrogen) atoms. The first-order valence-electron chi connectivity index (χ1n) is 9.97. The smallest absolute Gasteiger partial charge is 0.251 e. The van der Waals surface area contributed by atoms with Crippen LogP contribution < -0.4 is 5.32 Å². The maximum Gasteiger partial charge on any atom is 0.251 e. The van der Waals surface area contributed by atoms with Gasteiger partial charge in [-0.2, -0.15) is 5.10 Å². The van der Waals surface area contributed by atoms with Crippen molar-refractivity contribution in [2.75, 3.05) is 19.6 Å². The van der Waals surface area contributed by atoms with Gasteiger partial charge in [-0.25, -0.2) is 14.6 Å². The molecule has 152 valence electrons. The summed E-state index contributed by atoms with van der Waals surface area (Å²) in [7, 11) is 0. The summed E-state index contributed by atoms with van der Waals surface area (Å²) in [5, 5.41) is 7.19. The maximum atomic E-state index is 12.6. The van der Waals surface area contributed by atoms with Gasteiger partial charge in [0.25, 0.3) is 5.91 Å². The lowest BCUT2D eigenvalue weighted by Crippen LogP contribution is -2.38. The number of carbonyl (C=O) groups is 1. The average molecular weight is 394 g/mol. The molecule has 0 radical (unpaired) electrons. The Balaban J connectivity index is 1.25. The zero-order chi connectivity index (χ0) is 20.2. The number of hydrogen-bond donors (Lipinski definition) is 1. The number of benzene rings is 1. The third-order valence-corrected chi connectivity index (χ3v) is 5.48. The quantitative estimate of drug-likeness (QED) is 0.691. The topological polar surface area (TPSA) is 89.1 Å². The van der Waals surface area contributed by atoms with Gasteiger partial charge in [0.2, 0.25) is 5.89 Å². The summed E-state index contributed by atoms with van der Waals surface area (Å²) >= 11 is 0. The van der Waals surface area contributed by atoms with Crippen molar-refractivity contribution in [1.29, 1.82) is 0 Å². The maximum absolute atomic E-state index is 12.6. The molecule has 1 amide bonds. The highest BCUT2D eigenvalue weighted by molar-refractivity contribution is 5.94. The Morgan fingerprint density at radius 1 is 1.28 bits per heavy atom. The van der Waals surface area contributed by atoms with Crippen LogP contribution >= 0.6 is 0 Å². The van der Waals surface area contributed by atoms with Crippen molar-refractivity contribution in [1.82, 2.24) is 30.0 Å². The van der Waals surface area contributed by atoms with Crippen LogP contribution in [-0.4, -0.2) is 50.2 Å². The largest absolute Gasteiger partial charge is 0.444 e. The molecule has 2 aromatic heterocycles. The number of amides is 1. The van der Waals surface area contributed by atoms with Crippen LogP contribution in [0.5, 0.6) is 0 Å². The molecule has 1 aliphatic rings. The minimum atomic E-state index is -0.0554. The Morgan fingerprint density at radius 3 is 2.79 bits per heavy atom. The minimum absolute atomic E-state index is 0.0554. The molecule has 0 spiro atoms.